The fourth-order valence-electron chi connectivity index (χ4n) is 4.50. The van der Waals surface area contributed by atoms with E-state index < -0.39 is 52.8 Å². The van der Waals surface area contributed by atoms with Crippen LogP contribution in [0.4, 0.5) is 25.0 Å². The fraction of sp³-hybridized carbons (Fsp3) is 0.192. The Balaban J connectivity index is 1.44. The molecule has 1 atom stereocenters. The number of fused-ring (bicyclic) bond motifs is 1. The van der Waals surface area contributed by atoms with Crippen LogP contribution in [-0.2, 0) is 9.59 Å². The second kappa shape index (κ2) is 8.98. The molecule has 2 aromatic carbocycles. The third kappa shape index (κ3) is 4.12. The first-order chi connectivity index (χ1) is 17.7. The van der Waals surface area contributed by atoms with Crippen LogP contribution in [0.15, 0.2) is 59.7 Å². The fourth-order valence-corrected chi connectivity index (χ4v) is 4.50. The topological polar surface area (TPSA) is 107 Å². The van der Waals surface area contributed by atoms with E-state index in [4.69, 9.17) is 0 Å². The van der Waals surface area contributed by atoms with E-state index in [0.29, 0.717) is 10.5 Å². The number of imide groups is 1. The molecule has 11 heteroatoms. The summed E-state index contributed by atoms with van der Waals surface area (Å²) in [6, 6.07) is 9.74. The van der Waals surface area contributed by atoms with Gasteiger partial charge in [0.05, 0.1) is 18.3 Å². The van der Waals surface area contributed by atoms with Crippen molar-refractivity contribution in [2.75, 3.05) is 22.9 Å². The number of rotatable bonds is 2. The Morgan fingerprint density at radius 3 is 2.30 bits per heavy atom. The maximum absolute atomic E-state index is 15.1. The molecule has 0 saturated carbocycles. The number of hydrogen-bond donors (Lipinski definition) is 1. The van der Waals surface area contributed by atoms with E-state index in [0.717, 1.165) is 17.0 Å². The maximum atomic E-state index is 15.1. The molecular formula is C26H19F2N5O4. The summed E-state index contributed by atoms with van der Waals surface area (Å²) in [7, 11) is 0. The SMILES string of the molecule is C[C@@]12CC(=O)N(c3c(F)cc(C#Cc4ccccc4)cc3F)C(=O)N1CCN(c1cnc(=O)[nH]c1)C2=O. The molecule has 3 aromatic rings. The number of aromatic nitrogens is 2. The molecule has 0 unspecified atom stereocenters. The molecule has 37 heavy (non-hydrogen) atoms. The Bertz CT molecular complexity index is 1520. The summed E-state index contributed by atoms with van der Waals surface area (Å²) in [5.74, 6) is 1.69. The molecule has 0 radical (unpaired) electrons. The van der Waals surface area contributed by atoms with Crippen LogP contribution in [0.2, 0.25) is 0 Å². The molecule has 2 aliphatic rings. The van der Waals surface area contributed by atoms with E-state index in [2.05, 4.69) is 21.8 Å². The molecule has 186 valence electrons. The van der Waals surface area contributed by atoms with Crippen molar-refractivity contribution in [1.29, 1.82) is 0 Å². The minimum Gasteiger partial charge on any atom is -0.311 e. The molecule has 4 amide bonds. The highest BCUT2D eigenvalue weighted by molar-refractivity contribution is 6.20. The average molecular weight is 503 g/mol. The monoisotopic (exact) mass is 503 g/mol. The number of nitrogens with zero attached hydrogens (tertiary/aromatic N) is 4. The lowest BCUT2D eigenvalue weighted by atomic mass is 9.88. The molecule has 2 fully saturated rings. The lowest BCUT2D eigenvalue weighted by Gasteiger charge is -2.51. The normalized spacial score (nSPS) is 19.4. The predicted octanol–water partition coefficient (Wildman–Crippen LogP) is 2.41. The summed E-state index contributed by atoms with van der Waals surface area (Å²) in [4.78, 5) is 59.9. The van der Waals surface area contributed by atoms with Gasteiger partial charge in [-0.2, -0.15) is 4.98 Å². The number of H-pyrrole nitrogens is 1. The molecule has 1 aromatic heterocycles. The van der Waals surface area contributed by atoms with E-state index in [9.17, 15) is 19.2 Å². The summed E-state index contributed by atoms with van der Waals surface area (Å²) < 4.78 is 30.2. The molecule has 9 nitrogen and oxygen atoms in total. The van der Waals surface area contributed by atoms with Crippen molar-refractivity contribution in [3.8, 4) is 11.8 Å². The van der Waals surface area contributed by atoms with Crippen molar-refractivity contribution in [3.05, 3.63) is 88.1 Å². The van der Waals surface area contributed by atoms with Crippen LogP contribution in [0.25, 0.3) is 0 Å². The highest BCUT2D eigenvalue weighted by Gasteiger charge is 2.56. The molecule has 0 bridgehead atoms. The van der Waals surface area contributed by atoms with Crippen molar-refractivity contribution in [2.45, 2.75) is 18.9 Å². The number of carbonyl (C=O) groups is 3. The van der Waals surface area contributed by atoms with Crippen molar-refractivity contribution in [1.82, 2.24) is 14.9 Å². The van der Waals surface area contributed by atoms with E-state index in [1.807, 2.05) is 6.07 Å². The lowest BCUT2D eigenvalue weighted by Crippen LogP contribution is -2.73. The van der Waals surface area contributed by atoms with Crippen molar-refractivity contribution in [2.24, 2.45) is 0 Å². The third-order valence-electron chi connectivity index (χ3n) is 6.35. The molecule has 2 saturated heterocycles. The van der Waals surface area contributed by atoms with E-state index >= 15 is 8.78 Å². The first-order valence-electron chi connectivity index (χ1n) is 11.3. The van der Waals surface area contributed by atoms with Crippen molar-refractivity contribution >= 4 is 29.2 Å². The first kappa shape index (κ1) is 23.9. The molecular weight excluding hydrogens is 484 g/mol. The van der Waals surface area contributed by atoms with Gasteiger partial charge in [-0.1, -0.05) is 30.0 Å². The van der Waals surface area contributed by atoms with Crippen LogP contribution in [0.5, 0.6) is 0 Å². The smallest absolute Gasteiger partial charge is 0.311 e. The molecule has 0 aliphatic carbocycles. The zero-order valence-corrected chi connectivity index (χ0v) is 19.5. The van der Waals surface area contributed by atoms with Gasteiger partial charge in [0, 0.05) is 30.4 Å². The Kier molecular flexibility index (Phi) is 5.79. The lowest BCUT2D eigenvalue weighted by molar-refractivity contribution is -0.137. The number of benzene rings is 2. The van der Waals surface area contributed by atoms with Gasteiger partial charge >= 0.3 is 11.7 Å². The van der Waals surface area contributed by atoms with E-state index in [1.54, 1.807) is 24.3 Å². The van der Waals surface area contributed by atoms with E-state index in [-0.39, 0.29) is 24.3 Å². The number of aromatic amines is 1. The number of anilines is 2. The summed E-state index contributed by atoms with van der Waals surface area (Å²) >= 11 is 0. The largest absolute Gasteiger partial charge is 0.345 e. The Hall–Kier alpha value is -4.85. The van der Waals surface area contributed by atoms with Gasteiger partial charge in [0.15, 0.2) is 11.6 Å². The summed E-state index contributed by atoms with van der Waals surface area (Å²) in [5, 5.41) is 0. The van der Waals surface area contributed by atoms with Crippen LogP contribution >= 0.6 is 0 Å². The Labute approximate surface area is 209 Å². The zero-order chi connectivity index (χ0) is 26.3. The highest BCUT2D eigenvalue weighted by atomic mass is 19.1. The van der Waals surface area contributed by atoms with Crippen LogP contribution < -0.4 is 15.5 Å². The Morgan fingerprint density at radius 2 is 1.65 bits per heavy atom. The minimum atomic E-state index is -1.59. The van der Waals surface area contributed by atoms with Crippen molar-refractivity contribution in [3.63, 3.8) is 0 Å². The quantitative estimate of drug-likeness (QED) is 0.541. The number of piperazine rings is 1. The zero-order valence-electron chi connectivity index (χ0n) is 19.5. The molecule has 5 rings (SSSR count). The standard InChI is InChI=1S/C26H19F2N5O4/c1-26-13-21(34)33(22-19(27)11-17(12-20(22)28)8-7-16-5-3-2-4-6-16)25(37)32(26)10-9-31(23(26)35)18-14-29-24(36)30-15-18/h2-6,11-12,14-15H,9-10,13H2,1H3,(H,29,30,36)/t26-/m0/s1. The van der Waals surface area contributed by atoms with Gasteiger partial charge in [-0.15, -0.1) is 0 Å². The first-order valence-corrected chi connectivity index (χ1v) is 11.3. The van der Waals surface area contributed by atoms with Gasteiger partial charge in [-0.25, -0.2) is 23.3 Å². The predicted molar refractivity (Wildman–Crippen MR) is 129 cm³/mol. The minimum absolute atomic E-state index is 0.0200. The highest BCUT2D eigenvalue weighted by Crippen LogP contribution is 2.37. The van der Waals surface area contributed by atoms with Crippen LogP contribution in [-0.4, -0.2) is 51.3 Å². The Morgan fingerprint density at radius 1 is 0.973 bits per heavy atom. The van der Waals surface area contributed by atoms with Crippen LogP contribution in [0.3, 0.4) is 0 Å². The molecule has 3 heterocycles. The maximum Gasteiger partial charge on any atom is 0.345 e. The van der Waals surface area contributed by atoms with Crippen LogP contribution in [0, 0.1) is 23.5 Å². The summed E-state index contributed by atoms with van der Waals surface area (Å²) in [6.45, 7) is 1.42. The number of halogens is 2. The van der Waals surface area contributed by atoms with Gasteiger partial charge in [0.2, 0.25) is 5.91 Å². The molecule has 1 N–H and O–H groups in total. The summed E-state index contributed by atoms with van der Waals surface area (Å²) in [5.41, 5.74) is -2.04. The number of carbonyl (C=O) groups excluding carboxylic acids is 3. The molecule has 2 aliphatic heterocycles. The molecule has 0 spiro atoms. The van der Waals surface area contributed by atoms with Gasteiger partial charge in [0.1, 0.15) is 11.2 Å². The second-order valence-electron chi connectivity index (χ2n) is 8.75. The van der Waals surface area contributed by atoms with Gasteiger partial charge in [-0.3, -0.25) is 9.59 Å². The van der Waals surface area contributed by atoms with Gasteiger partial charge in [0.25, 0.3) is 5.91 Å². The van der Waals surface area contributed by atoms with Crippen LogP contribution in [0.1, 0.15) is 24.5 Å². The van der Waals surface area contributed by atoms with Gasteiger partial charge < -0.3 is 14.8 Å². The number of urea groups is 1. The van der Waals surface area contributed by atoms with E-state index in [1.165, 1.54) is 24.2 Å². The number of nitrogens with one attached hydrogen (secondary N) is 1. The summed E-state index contributed by atoms with van der Waals surface area (Å²) in [6.07, 6.45) is 2.01. The van der Waals surface area contributed by atoms with Gasteiger partial charge in [-0.05, 0) is 31.2 Å². The van der Waals surface area contributed by atoms with Crippen molar-refractivity contribution < 1.29 is 23.2 Å². The number of hydrogen-bond acceptors (Lipinski definition) is 5. The number of amides is 4. The third-order valence-corrected chi connectivity index (χ3v) is 6.35. The second-order valence-corrected chi connectivity index (χ2v) is 8.75. The average Bonchev–Trinajstić information content (AvgIpc) is 2.87.